The molecule has 3 aromatic rings. The third-order valence-electron chi connectivity index (χ3n) is 3.89. The fraction of sp³-hybridized carbons (Fsp3) is 0.167. The Balaban J connectivity index is 1.77. The first-order valence-electron chi connectivity index (χ1n) is 7.75. The second kappa shape index (κ2) is 7.04. The minimum absolute atomic E-state index is 0.178. The number of hydrogen-bond donors (Lipinski definition) is 3. The Morgan fingerprint density at radius 3 is 2.72 bits per heavy atom. The molecule has 0 saturated heterocycles. The van der Waals surface area contributed by atoms with Crippen molar-refractivity contribution in [1.82, 2.24) is 15.3 Å². The van der Waals surface area contributed by atoms with E-state index in [9.17, 15) is 9.59 Å². The second-order valence-corrected chi connectivity index (χ2v) is 5.54. The van der Waals surface area contributed by atoms with Crippen molar-refractivity contribution in [1.29, 1.82) is 0 Å². The third-order valence-corrected chi connectivity index (χ3v) is 3.89. The van der Waals surface area contributed by atoms with Gasteiger partial charge >= 0.3 is 6.03 Å². The minimum Gasteiger partial charge on any atom is -0.497 e. The smallest absolute Gasteiger partial charge is 0.319 e. The molecule has 0 saturated carbocycles. The number of ether oxygens (including phenoxy) is 1. The maximum atomic E-state index is 12.5. The molecule has 3 rings (SSSR count). The summed E-state index contributed by atoms with van der Waals surface area (Å²) >= 11 is 0. The lowest BCUT2D eigenvalue weighted by molar-refractivity contribution is 0.249. The molecule has 0 spiro atoms. The number of anilines is 1. The zero-order chi connectivity index (χ0) is 17.8. The molecule has 1 aromatic carbocycles. The van der Waals surface area contributed by atoms with E-state index in [1.807, 2.05) is 19.1 Å². The van der Waals surface area contributed by atoms with Crippen LogP contribution in [0.4, 0.5) is 10.5 Å². The Morgan fingerprint density at radius 2 is 2.00 bits per heavy atom. The van der Waals surface area contributed by atoms with Crippen molar-refractivity contribution in [2.45, 2.75) is 13.0 Å². The lowest BCUT2D eigenvalue weighted by Crippen LogP contribution is -2.32. The zero-order valence-electron chi connectivity index (χ0n) is 13.9. The summed E-state index contributed by atoms with van der Waals surface area (Å²) in [5, 5.41) is 5.85. The summed E-state index contributed by atoms with van der Waals surface area (Å²) in [5.74, 6) is 0.646. The predicted molar refractivity (Wildman–Crippen MR) is 95.9 cm³/mol. The standard InChI is InChI=1S/C18H18N4O3/c1-11(12-5-7-19-8-6-12)21-18(24)22-16-10-20-15-9-13(25-2)3-4-14(15)17(16)23/h3-11H,1-2H3,(H,20,23)(H2,21,22,24)/t11-/m0/s1. The number of pyridine rings is 2. The molecule has 0 aliphatic rings. The van der Waals surface area contributed by atoms with E-state index in [1.165, 1.54) is 6.20 Å². The van der Waals surface area contributed by atoms with E-state index in [1.54, 1.807) is 37.7 Å². The molecule has 0 radical (unpaired) electrons. The summed E-state index contributed by atoms with van der Waals surface area (Å²) in [6, 6.07) is 8.06. The topological polar surface area (TPSA) is 96.1 Å². The van der Waals surface area contributed by atoms with Gasteiger partial charge in [-0.2, -0.15) is 0 Å². The van der Waals surface area contributed by atoms with Crippen molar-refractivity contribution in [3.63, 3.8) is 0 Å². The lowest BCUT2D eigenvalue weighted by Gasteiger charge is -2.14. The summed E-state index contributed by atoms with van der Waals surface area (Å²) in [7, 11) is 1.56. The molecular formula is C18H18N4O3. The molecular weight excluding hydrogens is 320 g/mol. The summed E-state index contributed by atoms with van der Waals surface area (Å²) in [5.41, 5.74) is 1.48. The zero-order valence-corrected chi connectivity index (χ0v) is 13.9. The number of carbonyl (C=O) groups is 1. The Labute approximate surface area is 144 Å². The number of aromatic nitrogens is 2. The molecule has 7 heteroatoms. The van der Waals surface area contributed by atoms with E-state index in [4.69, 9.17) is 4.74 Å². The number of urea groups is 1. The number of H-pyrrole nitrogens is 1. The van der Waals surface area contributed by atoms with Crippen LogP contribution in [0.15, 0.2) is 53.7 Å². The third kappa shape index (κ3) is 3.60. The first-order chi connectivity index (χ1) is 12.1. The normalized spacial score (nSPS) is 11.8. The monoisotopic (exact) mass is 338 g/mol. The van der Waals surface area contributed by atoms with Crippen LogP contribution in [0.25, 0.3) is 10.9 Å². The van der Waals surface area contributed by atoms with E-state index >= 15 is 0 Å². The average Bonchev–Trinajstić information content (AvgIpc) is 2.64. The minimum atomic E-state index is -0.456. The van der Waals surface area contributed by atoms with Crippen LogP contribution < -0.4 is 20.8 Å². The summed E-state index contributed by atoms with van der Waals surface area (Å²) in [4.78, 5) is 31.6. The molecule has 0 unspecified atom stereocenters. The van der Waals surface area contributed by atoms with Gasteiger partial charge in [0, 0.05) is 30.0 Å². The van der Waals surface area contributed by atoms with Gasteiger partial charge in [-0.25, -0.2) is 4.79 Å². The van der Waals surface area contributed by atoms with Gasteiger partial charge in [-0.1, -0.05) is 0 Å². The summed E-state index contributed by atoms with van der Waals surface area (Å²) in [6.45, 7) is 1.85. The fourth-order valence-corrected chi connectivity index (χ4v) is 2.51. The van der Waals surface area contributed by atoms with Gasteiger partial charge in [0.1, 0.15) is 11.4 Å². The number of nitrogens with zero attached hydrogens (tertiary/aromatic N) is 1. The summed E-state index contributed by atoms with van der Waals surface area (Å²) < 4.78 is 5.14. The number of aromatic amines is 1. The molecule has 25 heavy (non-hydrogen) atoms. The van der Waals surface area contributed by atoms with E-state index < -0.39 is 6.03 Å². The highest BCUT2D eigenvalue weighted by atomic mass is 16.5. The molecule has 2 aromatic heterocycles. The Morgan fingerprint density at radius 1 is 1.24 bits per heavy atom. The highest BCUT2D eigenvalue weighted by Gasteiger charge is 2.12. The molecule has 3 N–H and O–H groups in total. The molecule has 2 heterocycles. The van der Waals surface area contributed by atoms with Crippen molar-refractivity contribution < 1.29 is 9.53 Å². The maximum Gasteiger partial charge on any atom is 0.319 e. The van der Waals surface area contributed by atoms with Crippen LogP contribution in [0.3, 0.4) is 0 Å². The van der Waals surface area contributed by atoms with Crippen LogP contribution >= 0.6 is 0 Å². The molecule has 0 aliphatic carbocycles. The van der Waals surface area contributed by atoms with Crippen molar-refractivity contribution in [2.75, 3.05) is 12.4 Å². The SMILES string of the molecule is COc1ccc2c(=O)c(NC(=O)N[C@@H](C)c3ccncc3)c[nH]c2c1. The molecule has 0 bridgehead atoms. The second-order valence-electron chi connectivity index (χ2n) is 5.54. The number of benzene rings is 1. The van der Waals surface area contributed by atoms with Gasteiger partial charge in [-0.3, -0.25) is 9.78 Å². The van der Waals surface area contributed by atoms with E-state index in [0.717, 1.165) is 5.56 Å². The fourth-order valence-electron chi connectivity index (χ4n) is 2.51. The van der Waals surface area contributed by atoms with Crippen LogP contribution in [0, 0.1) is 0 Å². The largest absolute Gasteiger partial charge is 0.497 e. The van der Waals surface area contributed by atoms with Crippen LogP contribution in [0.2, 0.25) is 0 Å². The van der Waals surface area contributed by atoms with Gasteiger partial charge in [-0.15, -0.1) is 0 Å². The molecule has 7 nitrogen and oxygen atoms in total. The van der Waals surface area contributed by atoms with Gasteiger partial charge in [0.05, 0.1) is 18.7 Å². The maximum absolute atomic E-state index is 12.5. The molecule has 2 amide bonds. The Kier molecular flexibility index (Phi) is 4.65. The van der Waals surface area contributed by atoms with Crippen molar-refractivity contribution in [3.05, 3.63) is 64.7 Å². The lowest BCUT2D eigenvalue weighted by atomic mass is 10.1. The van der Waals surface area contributed by atoms with Gasteiger partial charge < -0.3 is 20.4 Å². The number of rotatable bonds is 4. The highest BCUT2D eigenvalue weighted by molar-refractivity contribution is 5.92. The van der Waals surface area contributed by atoms with Gasteiger partial charge in [0.15, 0.2) is 0 Å². The molecule has 0 fully saturated rings. The van der Waals surface area contributed by atoms with Gasteiger partial charge in [-0.05, 0) is 36.8 Å². The van der Waals surface area contributed by atoms with Crippen molar-refractivity contribution in [2.24, 2.45) is 0 Å². The van der Waals surface area contributed by atoms with Crippen LogP contribution in [0.1, 0.15) is 18.5 Å². The molecule has 1 atom stereocenters. The molecule has 128 valence electrons. The first kappa shape index (κ1) is 16.5. The van der Waals surface area contributed by atoms with Gasteiger partial charge in [0.25, 0.3) is 0 Å². The Hall–Kier alpha value is -3.35. The predicted octanol–water partition coefficient (Wildman–Crippen LogP) is 2.81. The van der Waals surface area contributed by atoms with Crippen molar-refractivity contribution in [3.8, 4) is 5.75 Å². The van der Waals surface area contributed by atoms with Crippen LogP contribution in [0.5, 0.6) is 5.75 Å². The van der Waals surface area contributed by atoms with E-state index in [-0.39, 0.29) is 17.2 Å². The number of carbonyl (C=O) groups excluding carboxylic acids is 1. The van der Waals surface area contributed by atoms with E-state index in [2.05, 4.69) is 20.6 Å². The van der Waals surface area contributed by atoms with Crippen LogP contribution in [-0.2, 0) is 0 Å². The van der Waals surface area contributed by atoms with Gasteiger partial charge in [0.2, 0.25) is 5.43 Å². The van der Waals surface area contributed by atoms with Crippen molar-refractivity contribution >= 4 is 22.6 Å². The number of nitrogens with one attached hydrogen (secondary N) is 3. The molecule has 0 aliphatic heterocycles. The quantitative estimate of drug-likeness (QED) is 0.681. The number of hydrogen-bond acceptors (Lipinski definition) is 4. The van der Waals surface area contributed by atoms with E-state index in [0.29, 0.717) is 16.7 Å². The number of methoxy groups -OCH3 is 1. The summed E-state index contributed by atoms with van der Waals surface area (Å²) in [6.07, 6.45) is 4.79. The number of amides is 2. The highest BCUT2D eigenvalue weighted by Crippen LogP contribution is 2.18. The first-order valence-corrected chi connectivity index (χ1v) is 7.75. The average molecular weight is 338 g/mol. The number of fused-ring (bicyclic) bond motifs is 1. The van der Waals surface area contributed by atoms with Crippen LogP contribution in [-0.4, -0.2) is 23.1 Å². The Bertz CT molecular complexity index is 953.